The van der Waals surface area contributed by atoms with Gasteiger partial charge in [-0.05, 0) is 12.1 Å². The summed E-state index contributed by atoms with van der Waals surface area (Å²) in [5.41, 5.74) is 0.178. The van der Waals surface area contributed by atoms with Crippen LogP contribution in [0, 0.1) is 0 Å². The van der Waals surface area contributed by atoms with Crippen LogP contribution in [-0.2, 0) is 4.74 Å². The first-order valence-corrected chi connectivity index (χ1v) is 4.02. The van der Waals surface area contributed by atoms with Crippen molar-refractivity contribution in [3.8, 4) is 5.75 Å². The fourth-order valence-corrected chi connectivity index (χ4v) is 1.02. The van der Waals surface area contributed by atoms with E-state index in [0.717, 1.165) is 0 Å². The lowest BCUT2D eigenvalue weighted by Gasteiger charge is -2.13. The van der Waals surface area contributed by atoms with Gasteiger partial charge in [-0.25, -0.2) is 0 Å². The molecule has 0 N–H and O–H groups in total. The van der Waals surface area contributed by atoms with Gasteiger partial charge in [0.2, 0.25) is 0 Å². The highest BCUT2D eigenvalue weighted by molar-refractivity contribution is 5.63. The fourth-order valence-electron chi connectivity index (χ4n) is 1.02. The average molecular weight is 218 g/mol. The van der Waals surface area contributed by atoms with E-state index in [1.165, 1.54) is 25.3 Å². The van der Waals surface area contributed by atoms with Crippen LogP contribution in [-0.4, -0.2) is 13.5 Å². The Kier molecular flexibility index (Phi) is 3.24. The van der Waals surface area contributed by atoms with Crippen molar-refractivity contribution >= 4 is 5.76 Å². The summed E-state index contributed by atoms with van der Waals surface area (Å²) in [7, 11) is 1.33. The number of alkyl halides is 3. The molecule has 2 nitrogen and oxygen atoms in total. The Labute approximate surface area is 84.9 Å². The number of methoxy groups -OCH3 is 1. The van der Waals surface area contributed by atoms with Crippen LogP contribution in [0.25, 0.3) is 5.76 Å². The van der Waals surface area contributed by atoms with Crippen molar-refractivity contribution in [1.29, 1.82) is 0 Å². The SMILES string of the molecule is C=C(OC)c1ccccc1OC(F)(F)F. The summed E-state index contributed by atoms with van der Waals surface area (Å²) < 4.78 is 44.6. The number of hydrogen-bond acceptors (Lipinski definition) is 2. The first kappa shape index (κ1) is 11.4. The lowest BCUT2D eigenvalue weighted by atomic mass is 10.2. The number of para-hydroxylation sites is 1. The maximum absolute atomic E-state index is 12.0. The molecule has 0 saturated carbocycles. The summed E-state index contributed by atoms with van der Waals surface area (Å²) in [6.45, 7) is 3.46. The van der Waals surface area contributed by atoms with Crippen molar-refractivity contribution in [1.82, 2.24) is 0 Å². The van der Waals surface area contributed by atoms with Crippen molar-refractivity contribution < 1.29 is 22.6 Å². The van der Waals surface area contributed by atoms with E-state index in [0.29, 0.717) is 0 Å². The Balaban J connectivity index is 3.02. The zero-order valence-corrected chi connectivity index (χ0v) is 7.97. The standard InChI is InChI=1S/C10H9F3O2/c1-7(14-2)8-5-3-4-6-9(8)15-10(11,12)13/h3-6H,1H2,2H3. The summed E-state index contributed by atoms with van der Waals surface area (Å²) in [4.78, 5) is 0. The fraction of sp³-hybridized carbons (Fsp3) is 0.200. The molecule has 82 valence electrons. The number of hydrogen-bond donors (Lipinski definition) is 0. The molecule has 0 aliphatic heterocycles. The Morgan fingerprint density at radius 3 is 2.40 bits per heavy atom. The number of halogens is 3. The van der Waals surface area contributed by atoms with Crippen LogP contribution in [0.15, 0.2) is 30.8 Å². The van der Waals surface area contributed by atoms with E-state index < -0.39 is 6.36 Å². The number of benzene rings is 1. The lowest BCUT2D eigenvalue weighted by Crippen LogP contribution is -2.18. The minimum absolute atomic E-state index is 0.120. The molecule has 0 aliphatic rings. The minimum atomic E-state index is -4.72. The number of ether oxygens (including phenoxy) is 2. The highest BCUT2D eigenvalue weighted by atomic mass is 19.4. The molecule has 0 aliphatic carbocycles. The minimum Gasteiger partial charge on any atom is -0.497 e. The van der Waals surface area contributed by atoms with Crippen molar-refractivity contribution in [3.63, 3.8) is 0 Å². The molecule has 0 heterocycles. The van der Waals surface area contributed by atoms with E-state index >= 15 is 0 Å². The summed E-state index contributed by atoms with van der Waals surface area (Å²) in [6.07, 6.45) is -4.72. The summed E-state index contributed by atoms with van der Waals surface area (Å²) >= 11 is 0. The molecule has 0 bridgehead atoms. The Morgan fingerprint density at radius 1 is 1.27 bits per heavy atom. The molecule has 0 amide bonds. The van der Waals surface area contributed by atoms with Gasteiger partial charge >= 0.3 is 6.36 Å². The van der Waals surface area contributed by atoms with Gasteiger partial charge in [-0.15, -0.1) is 13.2 Å². The zero-order chi connectivity index (χ0) is 11.5. The van der Waals surface area contributed by atoms with Crippen LogP contribution < -0.4 is 4.74 Å². The Morgan fingerprint density at radius 2 is 1.87 bits per heavy atom. The molecule has 0 spiro atoms. The first-order valence-electron chi connectivity index (χ1n) is 4.02. The van der Waals surface area contributed by atoms with E-state index in [9.17, 15) is 13.2 Å². The van der Waals surface area contributed by atoms with E-state index in [1.807, 2.05) is 0 Å². The van der Waals surface area contributed by atoms with Crippen LogP contribution in [0.2, 0.25) is 0 Å². The van der Waals surface area contributed by atoms with Gasteiger partial charge in [-0.1, -0.05) is 18.7 Å². The molecule has 0 saturated heterocycles. The van der Waals surface area contributed by atoms with Gasteiger partial charge in [0.25, 0.3) is 0 Å². The molecule has 15 heavy (non-hydrogen) atoms. The second kappa shape index (κ2) is 4.25. The highest BCUT2D eigenvalue weighted by Gasteiger charge is 2.32. The molecule has 0 atom stereocenters. The monoisotopic (exact) mass is 218 g/mol. The molecule has 1 aromatic carbocycles. The average Bonchev–Trinajstić information content (AvgIpc) is 2.15. The van der Waals surface area contributed by atoms with Crippen LogP contribution in [0.1, 0.15) is 5.56 Å². The van der Waals surface area contributed by atoms with E-state index in [2.05, 4.69) is 11.3 Å². The topological polar surface area (TPSA) is 18.5 Å². The van der Waals surface area contributed by atoms with Gasteiger partial charge in [-0.3, -0.25) is 0 Å². The second-order valence-corrected chi connectivity index (χ2v) is 2.67. The lowest BCUT2D eigenvalue weighted by molar-refractivity contribution is -0.274. The van der Waals surface area contributed by atoms with Crippen LogP contribution in [0.4, 0.5) is 13.2 Å². The van der Waals surface area contributed by atoms with Crippen molar-refractivity contribution in [2.24, 2.45) is 0 Å². The van der Waals surface area contributed by atoms with Crippen LogP contribution in [0.5, 0.6) is 5.75 Å². The van der Waals surface area contributed by atoms with Gasteiger partial charge in [0.1, 0.15) is 11.5 Å². The van der Waals surface area contributed by atoms with E-state index in [1.54, 1.807) is 6.07 Å². The predicted octanol–water partition coefficient (Wildman–Crippen LogP) is 3.20. The van der Waals surface area contributed by atoms with Crippen LogP contribution in [0.3, 0.4) is 0 Å². The van der Waals surface area contributed by atoms with Gasteiger partial charge < -0.3 is 9.47 Å². The molecule has 0 unspecified atom stereocenters. The molecule has 5 heteroatoms. The quantitative estimate of drug-likeness (QED) is 0.725. The third kappa shape index (κ3) is 3.19. The smallest absolute Gasteiger partial charge is 0.497 e. The molecule has 1 rings (SSSR count). The third-order valence-electron chi connectivity index (χ3n) is 1.66. The Hall–Kier alpha value is -1.65. The summed E-state index contributed by atoms with van der Waals surface area (Å²) in [5.74, 6) is -0.202. The maximum atomic E-state index is 12.0. The second-order valence-electron chi connectivity index (χ2n) is 2.67. The van der Waals surface area contributed by atoms with Crippen molar-refractivity contribution in [2.45, 2.75) is 6.36 Å². The highest BCUT2D eigenvalue weighted by Crippen LogP contribution is 2.30. The third-order valence-corrected chi connectivity index (χ3v) is 1.66. The van der Waals surface area contributed by atoms with Gasteiger partial charge in [0.15, 0.2) is 0 Å². The van der Waals surface area contributed by atoms with Gasteiger partial charge in [0, 0.05) is 0 Å². The van der Waals surface area contributed by atoms with Crippen LogP contribution >= 0.6 is 0 Å². The number of rotatable bonds is 3. The molecule has 0 fully saturated rings. The Bertz CT molecular complexity index is 358. The zero-order valence-electron chi connectivity index (χ0n) is 7.97. The van der Waals surface area contributed by atoms with Crippen molar-refractivity contribution in [3.05, 3.63) is 36.4 Å². The van der Waals surface area contributed by atoms with Gasteiger partial charge in [-0.2, -0.15) is 0 Å². The molecular weight excluding hydrogens is 209 g/mol. The van der Waals surface area contributed by atoms with E-state index in [-0.39, 0.29) is 17.1 Å². The van der Waals surface area contributed by atoms with Crippen molar-refractivity contribution in [2.75, 3.05) is 7.11 Å². The normalized spacial score (nSPS) is 10.9. The molecule has 0 radical (unpaired) electrons. The summed E-state index contributed by atoms with van der Waals surface area (Å²) in [6, 6.07) is 5.65. The predicted molar refractivity (Wildman–Crippen MR) is 49.2 cm³/mol. The molecular formula is C10H9F3O2. The largest absolute Gasteiger partial charge is 0.573 e. The first-order chi connectivity index (χ1) is 6.94. The van der Waals surface area contributed by atoms with E-state index in [4.69, 9.17) is 4.74 Å². The molecule has 1 aromatic rings. The summed E-state index contributed by atoms with van der Waals surface area (Å²) in [5, 5.41) is 0. The maximum Gasteiger partial charge on any atom is 0.573 e. The van der Waals surface area contributed by atoms with Gasteiger partial charge in [0.05, 0.1) is 12.7 Å². The molecule has 0 aromatic heterocycles.